The Balaban J connectivity index is 1.95. The minimum atomic E-state index is -0.966. The second kappa shape index (κ2) is 5.50. The average molecular weight is 255 g/mol. The molecule has 0 fully saturated rings. The summed E-state index contributed by atoms with van der Waals surface area (Å²) >= 11 is 0. The highest BCUT2D eigenvalue weighted by Gasteiger charge is 2.06. The zero-order valence-electron chi connectivity index (χ0n) is 9.38. The van der Waals surface area contributed by atoms with Crippen molar-refractivity contribution in [3.8, 4) is 5.75 Å². The van der Waals surface area contributed by atoms with Gasteiger partial charge < -0.3 is 10.5 Å². The number of nitrogens with two attached hydrogens (primary N) is 1. The van der Waals surface area contributed by atoms with E-state index in [0.717, 1.165) is 12.1 Å². The van der Waals surface area contributed by atoms with Crippen LogP contribution in [0.1, 0.15) is 5.82 Å². The van der Waals surface area contributed by atoms with Gasteiger partial charge in [0, 0.05) is 12.6 Å². The van der Waals surface area contributed by atoms with Crippen molar-refractivity contribution in [2.45, 2.75) is 13.2 Å². The van der Waals surface area contributed by atoms with Gasteiger partial charge in [-0.3, -0.25) is 0 Å². The van der Waals surface area contributed by atoms with E-state index < -0.39 is 11.6 Å². The van der Waals surface area contributed by atoms with Crippen molar-refractivity contribution < 1.29 is 13.5 Å². The highest BCUT2D eigenvalue weighted by molar-refractivity contribution is 5.23. The second-order valence-corrected chi connectivity index (χ2v) is 3.45. The van der Waals surface area contributed by atoms with Crippen LogP contribution in [0.2, 0.25) is 0 Å². The van der Waals surface area contributed by atoms with Crippen LogP contribution < -0.4 is 10.5 Å². The van der Waals surface area contributed by atoms with E-state index in [2.05, 4.69) is 15.4 Å². The molecule has 0 aliphatic heterocycles. The summed E-state index contributed by atoms with van der Waals surface area (Å²) < 4.78 is 30.8. The van der Waals surface area contributed by atoms with Gasteiger partial charge in [0.05, 0.1) is 6.54 Å². The minimum absolute atomic E-state index is 0.0235. The Labute approximate surface area is 101 Å². The molecule has 0 saturated carbocycles. The molecule has 2 aromatic rings. The molecular weight excluding hydrogens is 244 g/mol. The molecule has 0 spiro atoms. The van der Waals surface area contributed by atoms with Crippen LogP contribution in [-0.4, -0.2) is 26.8 Å². The maximum atomic E-state index is 12.9. The summed E-state index contributed by atoms with van der Waals surface area (Å²) in [5.41, 5.74) is 5.33. The second-order valence-electron chi connectivity index (χ2n) is 3.45. The first kappa shape index (κ1) is 12.4. The van der Waals surface area contributed by atoms with Crippen LogP contribution in [0.4, 0.5) is 8.78 Å². The van der Waals surface area contributed by atoms with Gasteiger partial charge in [0.1, 0.15) is 5.75 Å². The molecule has 0 unspecified atom stereocenters. The van der Waals surface area contributed by atoms with Crippen LogP contribution in [0.15, 0.2) is 18.2 Å². The van der Waals surface area contributed by atoms with E-state index in [0.29, 0.717) is 18.9 Å². The highest BCUT2D eigenvalue weighted by atomic mass is 19.2. The van der Waals surface area contributed by atoms with Gasteiger partial charge in [-0.25, -0.2) is 8.78 Å². The zero-order chi connectivity index (χ0) is 13.0. The molecule has 0 aliphatic carbocycles. The van der Waals surface area contributed by atoms with Crippen molar-refractivity contribution in [1.29, 1.82) is 0 Å². The average Bonchev–Trinajstić information content (AvgIpc) is 2.79. The largest absolute Gasteiger partial charge is 0.485 e. The van der Waals surface area contributed by atoms with E-state index in [1.807, 2.05) is 0 Å². The van der Waals surface area contributed by atoms with Crippen LogP contribution in [0.25, 0.3) is 0 Å². The van der Waals surface area contributed by atoms with Crippen LogP contribution >= 0.6 is 0 Å². The maximum Gasteiger partial charge on any atom is 0.212 e. The van der Waals surface area contributed by atoms with Gasteiger partial charge in [-0.2, -0.15) is 4.80 Å². The number of rotatable bonds is 5. The molecule has 0 amide bonds. The van der Waals surface area contributed by atoms with E-state index in [4.69, 9.17) is 10.5 Å². The molecule has 18 heavy (non-hydrogen) atoms. The fourth-order valence-electron chi connectivity index (χ4n) is 1.26. The summed E-state index contributed by atoms with van der Waals surface area (Å²) in [5.74, 6) is -1.35. The van der Waals surface area contributed by atoms with E-state index in [1.54, 1.807) is 0 Å². The molecule has 96 valence electrons. The third-order valence-electron chi connectivity index (χ3n) is 2.08. The van der Waals surface area contributed by atoms with Crippen LogP contribution in [0.3, 0.4) is 0 Å². The van der Waals surface area contributed by atoms with E-state index in [-0.39, 0.29) is 12.4 Å². The monoisotopic (exact) mass is 255 g/mol. The lowest BCUT2D eigenvalue weighted by molar-refractivity contribution is 0.292. The first-order valence-corrected chi connectivity index (χ1v) is 5.23. The molecule has 1 aromatic carbocycles. The summed E-state index contributed by atoms with van der Waals surface area (Å²) in [6.45, 7) is 0.883. The predicted molar refractivity (Wildman–Crippen MR) is 57.6 cm³/mol. The third kappa shape index (κ3) is 2.98. The van der Waals surface area contributed by atoms with Crippen LogP contribution in [-0.2, 0) is 13.2 Å². The van der Waals surface area contributed by atoms with E-state index in [9.17, 15) is 8.78 Å². The van der Waals surface area contributed by atoms with Gasteiger partial charge in [0.15, 0.2) is 18.2 Å². The third-order valence-corrected chi connectivity index (χ3v) is 2.08. The van der Waals surface area contributed by atoms with Gasteiger partial charge >= 0.3 is 0 Å². The SMILES string of the molecule is NCCn1nnc(COc2ccc(F)c(F)c2)n1. The summed E-state index contributed by atoms with van der Waals surface area (Å²) in [6.07, 6.45) is 0. The van der Waals surface area contributed by atoms with Gasteiger partial charge in [-0.05, 0) is 17.3 Å². The zero-order valence-corrected chi connectivity index (χ0v) is 9.38. The Morgan fingerprint density at radius 1 is 1.28 bits per heavy atom. The Morgan fingerprint density at radius 2 is 2.11 bits per heavy atom. The summed E-state index contributed by atoms with van der Waals surface area (Å²) in [6, 6.07) is 3.27. The smallest absolute Gasteiger partial charge is 0.212 e. The fraction of sp³-hybridized carbons (Fsp3) is 0.300. The van der Waals surface area contributed by atoms with E-state index in [1.165, 1.54) is 10.9 Å². The van der Waals surface area contributed by atoms with Crippen molar-refractivity contribution in [1.82, 2.24) is 20.2 Å². The lowest BCUT2D eigenvalue weighted by atomic mass is 10.3. The number of aromatic nitrogens is 4. The molecule has 6 nitrogen and oxygen atoms in total. The minimum Gasteiger partial charge on any atom is -0.485 e. The van der Waals surface area contributed by atoms with Crippen molar-refractivity contribution in [2.75, 3.05) is 6.54 Å². The lowest BCUT2D eigenvalue weighted by Gasteiger charge is -2.03. The number of ether oxygens (including phenoxy) is 1. The van der Waals surface area contributed by atoms with Crippen molar-refractivity contribution in [3.63, 3.8) is 0 Å². The number of nitrogens with zero attached hydrogens (tertiary/aromatic N) is 4. The molecule has 1 heterocycles. The quantitative estimate of drug-likeness (QED) is 0.841. The van der Waals surface area contributed by atoms with Crippen molar-refractivity contribution in [2.24, 2.45) is 5.73 Å². The van der Waals surface area contributed by atoms with Gasteiger partial charge in [-0.15, -0.1) is 10.2 Å². The Hall–Kier alpha value is -2.09. The normalized spacial score (nSPS) is 10.6. The molecule has 2 rings (SSSR count). The Morgan fingerprint density at radius 3 is 2.83 bits per heavy atom. The first-order valence-electron chi connectivity index (χ1n) is 5.23. The molecular formula is C10H11F2N5O. The molecule has 0 bridgehead atoms. The molecule has 0 radical (unpaired) electrons. The summed E-state index contributed by atoms with van der Waals surface area (Å²) in [7, 11) is 0. The molecule has 8 heteroatoms. The fourth-order valence-corrected chi connectivity index (χ4v) is 1.26. The number of halogens is 2. The lowest BCUT2D eigenvalue weighted by Crippen LogP contribution is -2.12. The van der Waals surface area contributed by atoms with Crippen LogP contribution in [0.5, 0.6) is 5.75 Å². The molecule has 1 aromatic heterocycles. The Kier molecular flexibility index (Phi) is 3.78. The van der Waals surface area contributed by atoms with E-state index >= 15 is 0 Å². The molecule has 0 saturated heterocycles. The number of hydrogen-bond acceptors (Lipinski definition) is 5. The molecule has 2 N–H and O–H groups in total. The summed E-state index contributed by atoms with van der Waals surface area (Å²) in [5, 5.41) is 11.4. The highest BCUT2D eigenvalue weighted by Crippen LogP contribution is 2.15. The first-order chi connectivity index (χ1) is 8.69. The predicted octanol–water partition coefficient (Wildman–Crippen LogP) is 0.489. The Bertz CT molecular complexity index is 531. The topological polar surface area (TPSA) is 78.9 Å². The molecule has 0 aliphatic rings. The van der Waals surface area contributed by atoms with Gasteiger partial charge in [0.25, 0.3) is 0 Å². The maximum absolute atomic E-state index is 12.9. The standard InChI is InChI=1S/C10H11F2N5O/c11-8-2-1-7(5-9(8)12)18-6-10-14-16-17(15-10)4-3-13/h1-2,5H,3-4,6,13H2. The molecule has 0 atom stereocenters. The number of tetrazole rings is 1. The van der Waals surface area contributed by atoms with Crippen molar-refractivity contribution >= 4 is 0 Å². The number of benzene rings is 1. The summed E-state index contributed by atoms with van der Waals surface area (Å²) in [4.78, 5) is 1.34. The van der Waals surface area contributed by atoms with Gasteiger partial charge in [0.2, 0.25) is 5.82 Å². The van der Waals surface area contributed by atoms with Crippen molar-refractivity contribution in [3.05, 3.63) is 35.7 Å². The number of hydrogen-bond donors (Lipinski definition) is 1. The van der Waals surface area contributed by atoms with Gasteiger partial charge in [-0.1, -0.05) is 0 Å². The van der Waals surface area contributed by atoms with Crippen LogP contribution in [0, 0.1) is 11.6 Å².